The van der Waals surface area contributed by atoms with Gasteiger partial charge >= 0.3 is 0 Å². The summed E-state index contributed by atoms with van der Waals surface area (Å²) in [5.41, 5.74) is 2.94. The second-order valence-electron chi connectivity index (χ2n) is 8.06. The van der Waals surface area contributed by atoms with Gasteiger partial charge in [0.2, 0.25) is 0 Å². The largest absolute Gasteiger partial charge is 0.445 e. The number of carbonyl (C=O) groups excluding carboxylic acids is 1. The summed E-state index contributed by atoms with van der Waals surface area (Å²) in [4.78, 5) is 20.0. The monoisotopic (exact) mass is 381 g/mol. The molecule has 5 rings (SSSR count). The molecular formula is C22H27N3O3. The molecule has 0 bridgehead atoms. The average molecular weight is 381 g/mol. The summed E-state index contributed by atoms with van der Waals surface area (Å²) in [5, 5.41) is 3.41. The lowest BCUT2D eigenvalue weighted by Crippen LogP contribution is -2.36. The first kappa shape index (κ1) is 17.9. The van der Waals surface area contributed by atoms with Crippen molar-refractivity contribution < 1.29 is 13.9 Å². The Morgan fingerprint density at radius 1 is 1.14 bits per heavy atom. The van der Waals surface area contributed by atoms with Crippen LogP contribution in [0.3, 0.4) is 0 Å². The number of benzene rings is 1. The fourth-order valence-electron chi connectivity index (χ4n) is 4.65. The van der Waals surface area contributed by atoms with Crippen LogP contribution in [0.4, 0.5) is 0 Å². The van der Waals surface area contributed by atoms with Gasteiger partial charge in [-0.3, -0.25) is 4.79 Å². The third-order valence-electron chi connectivity index (χ3n) is 6.29. The summed E-state index contributed by atoms with van der Waals surface area (Å²) in [6, 6.07) is 8.09. The smallest absolute Gasteiger partial charge is 0.254 e. The molecule has 3 aliphatic rings. The molecule has 2 fully saturated rings. The number of ether oxygens (including phenoxy) is 1. The molecule has 6 nitrogen and oxygen atoms in total. The van der Waals surface area contributed by atoms with Gasteiger partial charge in [0, 0.05) is 44.2 Å². The maximum Gasteiger partial charge on any atom is 0.254 e. The van der Waals surface area contributed by atoms with Gasteiger partial charge in [-0.2, -0.15) is 0 Å². The predicted octanol–water partition coefficient (Wildman–Crippen LogP) is 2.84. The normalized spacial score (nSPS) is 23.0. The van der Waals surface area contributed by atoms with Crippen LogP contribution in [0.1, 0.15) is 64.4 Å². The molecule has 1 amide bonds. The fraction of sp³-hybridized carbons (Fsp3) is 0.545. The van der Waals surface area contributed by atoms with E-state index in [2.05, 4.69) is 11.4 Å². The first-order valence-corrected chi connectivity index (χ1v) is 10.4. The maximum atomic E-state index is 13.3. The molecular weight excluding hydrogens is 354 g/mol. The molecule has 148 valence electrons. The van der Waals surface area contributed by atoms with Crippen LogP contribution < -0.4 is 5.32 Å². The summed E-state index contributed by atoms with van der Waals surface area (Å²) in [7, 11) is 0. The minimum Gasteiger partial charge on any atom is -0.445 e. The van der Waals surface area contributed by atoms with Gasteiger partial charge in [-0.05, 0) is 43.4 Å². The summed E-state index contributed by atoms with van der Waals surface area (Å²) < 4.78 is 11.5. The molecule has 2 saturated heterocycles. The Hall–Kier alpha value is -2.18. The van der Waals surface area contributed by atoms with Crippen LogP contribution in [0.5, 0.6) is 0 Å². The molecule has 1 aromatic carbocycles. The lowest BCUT2D eigenvalue weighted by atomic mass is 9.92. The van der Waals surface area contributed by atoms with Crippen LogP contribution in [0, 0.1) is 0 Å². The highest BCUT2D eigenvalue weighted by Gasteiger charge is 2.31. The highest BCUT2D eigenvalue weighted by molar-refractivity contribution is 5.96. The van der Waals surface area contributed by atoms with Gasteiger partial charge in [0.15, 0.2) is 5.89 Å². The van der Waals surface area contributed by atoms with E-state index in [0.29, 0.717) is 24.9 Å². The Labute approximate surface area is 165 Å². The van der Waals surface area contributed by atoms with E-state index in [1.54, 1.807) is 0 Å². The molecule has 0 aliphatic carbocycles. The van der Waals surface area contributed by atoms with Crippen molar-refractivity contribution in [3.8, 4) is 0 Å². The number of aromatic nitrogens is 1. The highest BCUT2D eigenvalue weighted by atomic mass is 16.5. The lowest BCUT2D eigenvalue weighted by Gasteiger charge is -2.27. The van der Waals surface area contributed by atoms with Gasteiger partial charge in [0.1, 0.15) is 11.5 Å². The van der Waals surface area contributed by atoms with Crippen LogP contribution >= 0.6 is 0 Å². The van der Waals surface area contributed by atoms with Crippen molar-refractivity contribution in [2.45, 2.75) is 44.1 Å². The van der Waals surface area contributed by atoms with Crippen molar-refractivity contribution >= 4 is 5.91 Å². The molecule has 1 atom stereocenters. The van der Waals surface area contributed by atoms with Crippen molar-refractivity contribution in [3.63, 3.8) is 0 Å². The lowest BCUT2D eigenvalue weighted by molar-refractivity contribution is 0.0724. The van der Waals surface area contributed by atoms with Gasteiger partial charge < -0.3 is 19.4 Å². The molecule has 6 heteroatoms. The molecule has 4 heterocycles. The Morgan fingerprint density at radius 2 is 2.00 bits per heavy atom. The van der Waals surface area contributed by atoms with Crippen LogP contribution in [0.25, 0.3) is 0 Å². The van der Waals surface area contributed by atoms with E-state index in [9.17, 15) is 4.79 Å². The van der Waals surface area contributed by atoms with E-state index in [1.165, 1.54) is 5.56 Å². The third kappa shape index (κ3) is 3.35. The molecule has 28 heavy (non-hydrogen) atoms. The number of nitrogens with one attached hydrogen (secondary N) is 1. The topological polar surface area (TPSA) is 67.6 Å². The number of carbonyl (C=O) groups is 1. The van der Waals surface area contributed by atoms with E-state index >= 15 is 0 Å². The van der Waals surface area contributed by atoms with Crippen molar-refractivity contribution in [1.29, 1.82) is 0 Å². The zero-order valence-corrected chi connectivity index (χ0v) is 16.2. The first-order valence-electron chi connectivity index (χ1n) is 10.4. The third-order valence-corrected chi connectivity index (χ3v) is 6.29. The first-order chi connectivity index (χ1) is 13.8. The molecule has 1 aromatic heterocycles. The van der Waals surface area contributed by atoms with E-state index in [4.69, 9.17) is 14.1 Å². The predicted molar refractivity (Wildman–Crippen MR) is 104 cm³/mol. The minimum absolute atomic E-state index is 0.115. The molecule has 1 N–H and O–H groups in total. The number of hydrogen-bond acceptors (Lipinski definition) is 5. The molecule has 0 spiro atoms. The van der Waals surface area contributed by atoms with Gasteiger partial charge in [-0.1, -0.05) is 18.2 Å². The van der Waals surface area contributed by atoms with E-state index in [-0.39, 0.29) is 5.91 Å². The van der Waals surface area contributed by atoms with E-state index < -0.39 is 0 Å². The average Bonchev–Trinajstić information content (AvgIpc) is 3.43. The van der Waals surface area contributed by atoms with Gasteiger partial charge in [-0.25, -0.2) is 4.98 Å². The van der Waals surface area contributed by atoms with Crippen LogP contribution in [0.15, 0.2) is 28.7 Å². The molecule has 0 radical (unpaired) electrons. The highest BCUT2D eigenvalue weighted by Crippen LogP contribution is 2.31. The molecule has 3 aliphatic heterocycles. The van der Waals surface area contributed by atoms with E-state index in [0.717, 1.165) is 74.9 Å². The van der Waals surface area contributed by atoms with Crippen LogP contribution in [-0.2, 0) is 17.7 Å². The quantitative estimate of drug-likeness (QED) is 0.886. The number of rotatable bonds is 3. The zero-order valence-electron chi connectivity index (χ0n) is 16.2. The second-order valence-corrected chi connectivity index (χ2v) is 8.06. The maximum absolute atomic E-state index is 13.3. The number of oxazole rings is 1. The van der Waals surface area contributed by atoms with Gasteiger partial charge in [0.25, 0.3) is 5.91 Å². The Balaban J connectivity index is 1.35. The van der Waals surface area contributed by atoms with E-state index in [1.807, 2.05) is 23.1 Å². The zero-order chi connectivity index (χ0) is 18.9. The van der Waals surface area contributed by atoms with Gasteiger partial charge in [0.05, 0.1) is 6.54 Å². The number of amides is 1. The van der Waals surface area contributed by atoms with Crippen molar-refractivity contribution in [2.75, 3.05) is 32.8 Å². The minimum atomic E-state index is 0.115. The molecule has 1 unspecified atom stereocenters. The number of fused-ring (bicyclic) bond motifs is 1. The molecule has 2 aromatic rings. The second kappa shape index (κ2) is 7.68. The summed E-state index contributed by atoms with van der Waals surface area (Å²) >= 11 is 0. The standard InChI is InChI=1S/C22H27N3O3/c26-22(18-4-2-1-3-17(18)16-5-9-23-13-16)25-10-6-20-19(14-25)24-21(28-20)15-7-11-27-12-8-15/h1-4,15-16,23H,5-14H2. The van der Waals surface area contributed by atoms with Gasteiger partial charge in [-0.15, -0.1) is 0 Å². The SMILES string of the molecule is O=C(c1ccccc1C1CCNC1)N1CCc2oc(C3CCOCC3)nc2C1. The van der Waals surface area contributed by atoms with Crippen molar-refractivity contribution in [2.24, 2.45) is 0 Å². The number of hydrogen-bond donors (Lipinski definition) is 1. The van der Waals surface area contributed by atoms with Crippen LogP contribution in [0.2, 0.25) is 0 Å². The Kier molecular flexibility index (Phi) is 4.91. The van der Waals surface area contributed by atoms with Crippen LogP contribution in [-0.4, -0.2) is 48.6 Å². The Bertz CT molecular complexity index is 850. The Morgan fingerprint density at radius 3 is 2.82 bits per heavy atom. The summed E-state index contributed by atoms with van der Waals surface area (Å²) in [6.07, 6.45) is 3.76. The van der Waals surface area contributed by atoms with Crippen molar-refractivity contribution in [1.82, 2.24) is 15.2 Å². The fourth-order valence-corrected chi connectivity index (χ4v) is 4.65. The summed E-state index contributed by atoms with van der Waals surface area (Å²) in [5.74, 6) is 2.68. The molecule has 0 saturated carbocycles. The number of nitrogens with zero attached hydrogens (tertiary/aromatic N) is 2. The summed E-state index contributed by atoms with van der Waals surface area (Å²) in [6.45, 7) is 4.74. The van der Waals surface area contributed by atoms with Crippen molar-refractivity contribution in [3.05, 3.63) is 52.7 Å².